The third kappa shape index (κ3) is 3.53. The van der Waals surface area contributed by atoms with E-state index < -0.39 is 21.6 Å². The quantitative estimate of drug-likeness (QED) is 0.567. The first-order valence-electron chi connectivity index (χ1n) is 7.14. The lowest BCUT2D eigenvalue weighted by molar-refractivity contribution is 0.0600. The largest absolute Gasteiger partial charge is 0.465 e. The van der Waals surface area contributed by atoms with Gasteiger partial charge in [0.05, 0.1) is 17.6 Å². The van der Waals surface area contributed by atoms with E-state index >= 15 is 0 Å². The second-order valence-corrected chi connectivity index (χ2v) is 6.81. The summed E-state index contributed by atoms with van der Waals surface area (Å²) in [6.45, 7) is 0. The molecular weight excluding hydrogens is 346 g/mol. The number of fused-ring (bicyclic) bond motifs is 1. The highest BCUT2D eigenvalue weighted by Gasteiger charge is 2.17. The Balaban J connectivity index is 1.95. The second-order valence-electron chi connectivity index (χ2n) is 5.13. The number of rotatable bonds is 4. The molecule has 0 radical (unpaired) electrons. The Morgan fingerprint density at radius 3 is 2.64 bits per heavy atom. The number of esters is 1. The predicted octanol–water partition coefficient (Wildman–Crippen LogP) is 2.38. The summed E-state index contributed by atoms with van der Waals surface area (Å²) in [6.07, 6.45) is 0. The molecule has 128 valence electrons. The van der Waals surface area contributed by atoms with E-state index in [2.05, 4.69) is 9.46 Å². The Labute approximate surface area is 142 Å². The summed E-state index contributed by atoms with van der Waals surface area (Å²) in [5.74, 6) is -0.627. The van der Waals surface area contributed by atoms with Crippen LogP contribution in [0.5, 0.6) is 0 Å². The summed E-state index contributed by atoms with van der Waals surface area (Å²) < 4.78 is 37.1. The molecule has 25 heavy (non-hydrogen) atoms. The summed E-state index contributed by atoms with van der Waals surface area (Å²) >= 11 is 0. The minimum absolute atomic E-state index is 0.0740. The lowest BCUT2D eigenvalue weighted by Gasteiger charge is -2.09. The van der Waals surface area contributed by atoms with Crippen LogP contribution in [0.2, 0.25) is 0 Å². The molecule has 0 aliphatic rings. The van der Waals surface area contributed by atoms with E-state index in [0.717, 1.165) is 0 Å². The Morgan fingerprint density at radius 2 is 1.88 bits per heavy atom. The maximum absolute atomic E-state index is 12.5. The van der Waals surface area contributed by atoms with E-state index in [1.165, 1.54) is 55.6 Å². The van der Waals surface area contributed by atoms with Crippen molar-refractivity contribution in [2.45, 2.75) is 4.90 Å². The van der Waals surface area contributed by atoms with Crippen LogP contribution in [-0.2, 0) is 14.8 Å². The number of anilines is 1. The number of hydrogen-bond donors (Lipinski definition) is 1. The van der Waals surface area contributed by atoms with Gasteiger partial charge in [0, 0.05) is 17.1 Å². The smallest absolute Gasteiger partial charge is 0.337 e. The zero-order chi connectivity index (χ0) is 18.0. The Bertz CT molecular complexity index is 1120. The van der Waals surface area contributed by atoms with Crippen LogP contribution in [0.1, 0.15) is 10.4 Å². The van der Waals surface area contributed by atoms with Crippen LogP contribution < -0.4 is 10.3 Å². The molecule has 2 aromatic carbocycles. The fraction of sp³-hybridized carbons (Fsp3) is 0.0588. The van der Waals surface area contributed by atoms with Gasteiger partial charge in [-0.3, -0.25) is 4.72 Å². The topological polar surface area (TPSA) is 103 Å². The molecule has 7 nitrogen and oxygen atoms in total. The molecule has 0 aliphatic heterocycles. The lowest BCUT2D eigenvalue weighted by Crippen LogP contribution is -2.14. The number of sulfonamides is 1. The van der Waals surface area contributed by atoms with Gasteiger partial charge in [-0.15, -0.1) is 0 Å². The third-order valence-corrected chi connectivity index (χ3v) is 4.82. The minimum Gasteiger partial charge on any atom is -0.465 e. The molecule has 0 spiro atoms. The highest BCUT2D eigenvalue weighted by molar-refractivity contribution is 7.92. The molecule has 0 bridgehead atoms. The van der Waals surface area contributed by atoms with Crippen molar-refractivity contribution in [3.8, 4) is 0 Å². The maximum atomic E-state index is 12.5. The molecule has 0 saturated heterocycles. The van der Waals surface area contributed by atoms with Crippen LogP contribution in [-0.4, -0.2) is 21.5 Å². The van der Waals surface area contributed by atoms with Gasteiger partial charge < -0.3 is 9.15 Å². The van der Waals surface area contributed by atoms with Gasteiger partial charge >= 0.3 is 11.6 Å². The average molecular weight is 359 g/mol. The normalized spacial score (nSPS) is 11.2. The van der Waals surface area contributed by atoms with Crippen LogP contribution in [0.4, 0.5) is 5.69 Å². The molecule has 3 aromatic rings. The van der Waals surface area contributed by atoms with Gasteiger partial charge in [-0.2, -0.15) is 0 Å². The average Bonchev–Trinajstić information content (AvgIpc) is 2.61. The summed E-state index contributed by atoms with van der Waals surface area (Å²) in [5, 5.41) is 0.572. The van der Waals surface area contributed by atoms with Crippen LogP contribution in [0.15, 0.2) is 68.7 Å². The number of carbonyl (C=O) groups is 1. The monoisotopic (exact) mass is 359 g/mol. The first kappa shape index (κ1) is 16.7. The van der Waals surface area contributed by atoms with Gasteiger partial charge in [0.15, 0.2) is 0 Å². The summed E-state index contributed by atoms with van der Waals surface area (Å²) in [7, 11) is -2.69. The van der Waals surface area contributed by atoms with Crippen molar-refractivity contribution in [3.63, 3.8) is 0 Å². The van der Waals surface area contributed by atoms with Gasteiger partial charge in [-0.1, -0.05) is 6.07 Å². The van der Waals surface area contributed by atoms with E-state index in [1.807, 2.05) is 0 Å². The highest BCUT2D eigenvalue weighted by Crippen LogP contribution is 2.21. The van der Waals surface area contributed by atoms with Crippen molar-refractivity contribution in [1.82, 2.24) is 0 Å². The number of methoxy groups -OCH3 is 1. The SMILES string of the molecule is COC(=O)c1cccc(S(=O)(=O)Nc2ccc3oc(=O)ccc3c2)c1. The first-order chi connectivity index (χ1) is 11.9. The number of hydrogen-bond acceptors (Lipinski definition) is 6. The van der Waals surface area contributed by atoms with Gasteiger partial charge in [0.2, 0.25) is 0 Å². The van der Waals surface area contributed by atoms with Crippen LogP contribution >= 0.6 is 0 Å². The van der Waals surface area contributed by atoms with Crippen LogP contribution in [0.3, 0.4) is 0 Å². The molecule has 3 rings (SSSR count). The molecule has 0 fully saturated rings. The Hall–Kier alpha value is -3.13. The molecular formula is C17H13NO6S. The molecule has 0 atom stereocenters. The number of carbonyl (C=O) groups excluding carboxylic acids is 1. The van der Waals surface area contributed by atoms with E-state index in [1.54, 1.807) is 6.07 Å². The molecule has 0 unspecified atom stereocenters. The van der Waals surface area contributed by atoms with Crippen LogP contribution in [0.25, 0.3) is 11.0 Å². The molecule has 0 amide bonds. The molecule has 1 N–H and O–H groups in total. The Kier molecular flexibility index (Phi) is 4.28. The molecule has 1 heterocycles. The van der Waals surface area contributed by atoms with Gasteiger partial charge in [0.25, 0.3) is 10.0 Å². The second kappa shape index (κ2) is 6.40. The minimum atomic E-state index is -3.90. The maximum Gasteiger partial charge on any atom is 0.337 e. The van der Waals surface area contributed by atoms with Crippen molar-refractivity contribution >= 4 is 32.6 Å². The molecule has 0 saturated carbocycles. The fourth-order valence-electron chi connectivity index (χ4n) is 2.26. The summed E-state index contributed by atoms with van der Waals surface area (Å²) in [6, 6.07) is 12.8. The fourth-order valence-corrected chi connectivity index (χ4v) is 3.35. The van der Waals surface area contributed by atoms with E-state index in [9.17, 15) is 18.0 Å². The van der Waals surface area contributed by atoms with E-state index in [4.69, 9.17) is 4.42 Å². The highest BCUT2D eigenvalue weighted by atomic mass is 32.2. The van der Waals surface area contributed by atoms with Crippen molar-refractivity contribution in [3.05, 3.63) is 70.6 Å². The number of benzene rings is 2. The van der Waals surface area contributed by atoms with Crippen molar-refractivity contribution in [2.75, 3.05) is 11.8 Å². The lowest BCUT2D eigenvalue weighted by atomic mass is 10.2. The standard InChI is InChI=1S/C17H13NO6S/c1-23-17(20)12-3-2-4-14(10-12)25(21,22)18-13-6-7-15-11(9-13)5-8-16(19)24-15/h2-10,18H,1H3. The number of nitrogens with one attached hydrogen (secondary N) is 1. The third-order valence-electron chi connectivity index (χ3n) is 3.44. The van der Waals surface area contributed by atoms with Crippen molar-refractivity contribution in [1.29, 1.82) is 0 Å². The molecule has 8 heteroatoms. The van der Waals surface area contributed by atoms with E-state index in [-0.39, 0.29) is 10.5 Å². The summed E-state index contributed by atoms with van der Waals surface area (Å²) in [5.41, 5.74) is 0.291. The summed E-state index contributed by atoms with van der Waals surface area (Å²) in [4.78, 5) is 22.7. The Morgan fingerprint density at radius 1 is 1.08 bits per heavy atom. The van der Waals surface area contributed by atoms with Crippen molar-refractivity contribution in [2.24, 2.45) is 0 Å². The molecule has 0 aliphatic carbocycles. The van der Waals surface area contributed by atoms with Gasteiger partial charge in [-0.05, 0) is 42.5 Å². The van der Waals surface area contributed by atoms with Crippen molar-refractivity contribution < 1.29 is 22.4 Å². The first-order valence-corrected chi connectivity index (χ1v) is 8.62. The van der Waals surface area contributed by atoms with Gasteiger partial charge in [-0.25, -0.2) is 18.0 Å². The zero-order valence-corrected chi connectivity index (χ0v) is 13.9. The predicted molar refractivity (Wildman–Crippen MR) is 91.1 cm³/mol. The zero-order valence-electron chi connectivity index (χ0n) is 13.1. The molecule has 1 aromatic heterocycles. The number of ether oxygens (including phenoxy) is 1. The van der Waals surface area contributed by atoms with Gasteiger partial charge in [0.1, 0.15) is 5.58 Å². The van der Waals surface area contributed by atoms with Crippen LogP contribution in [0, 0.1) is 0 Å². The van der Waals surface area contributed by atoms with E-state index in [0.29, 0.717) is 16.7 Å².